The quantitative estimate of drug-likeness (QED) is 0.283. The van der Waals surface area contributed by atoms with Crippen molar-refractivity contribution in [2.24, 2.45) is 5.73 Å². The number of para-hydroxylation sites is 1. The summed E-state index contributed by atoms with van der Waals surface area (Å²) >= 11 is 9.66. The summed E-state index contributed by atoms with van der Waals surface area (Å²) in [5.41, 5.74) is 2.00. The number of carbonyl (C=O) groups excluding carboxylic acids is 1. The molecule has 1 aliphatic carbocycles. The maximum Gasteiger partial charge on any atom is 0.516 e. The van der Waals surface area contributed by atoms with Gasteiger partial charge in [-0.25, -0.2) is 4.98 Å². The summed E-state index contributed by atoms with van der Waals surface area (Å²) in [6.07, 6.45) is 3.25. The number of nitrogens with one attached hydrogen (secondary N) is 1. The van der Waals surface area contributed by atoms with Gasteiger partial charge in [0, 0.05) is 27.6 Å². The zero-order chi connectivity index (χ0) is 26.4. The van der Waals surface area contributed by atoms with Crippen molar-refractivity contribution in [1.29, 1.82) is 0 Å². The SMILES string of the molecule is CCc1nc(Cl)c(C(N)=O)n1Cc1c2ccocc-2c(Br)c1-c1ccccc1NS(=O)(=O)C(F)(F)F. The number of nitrogens with zero attached hydrogens (tertiary/aromatic N) is 2. The Kier molecular flexibility index (Phi) is 6.84. The Balaban J connectivity index is 1.98. The van der Waals surface area contributed by atoms with E-state index in [9.17, 15) is 26.4 Å². The number of aryl methyl sites for hydroxylation is 1. The highest BCUT2D eigenvalue weighted by atomic mass is 79.9. The van der Waals surface area contributed by atoms with Crippen molar-refractivity contribution in [3.05, 3.63) is 69.6 Å². The van der Waals surface area contributed by atoms with Crippen molar-refractivity contribution in [1.82, 2.24) is 9.55 Å². The Morgan fingerprint density at radius 2 is 1.92 bits per heavy atom. The van der Waals surface area contributed by atoms with Crippen molar-refractivity contribution in [2.45, 2.75) is 25.4 Å². The summed E-state index contributed by atoms with van der Waals surface area (Å²) in [6.45, 7) is 1.81. The molecule has 0 spiro atoms. The number of imidazole rings is 1. The molecule has 2 heterocycles. The van der Waals surface area contributed by atoms with E-state index in [1.807, 2.05) is 0 Å². The largest absolute Gasteiger partial charge is 0.516 e. The molecule has 3 N–H and O–H groups in total. The monoisotopic (exact) mass is 604 g/mol. The number of aromatic nitrogens is 2. The minimum absolute atomic E-state index is 0.00294. The highest BCUT2D eigenvalue weighted by Crippen LogP contribution is 2.48. The second kappa shape index (κ2) is 9.45. The number of hydrogen-bond donors (Lipinski definition) is 2. The van der Waals surface area contributed by atoms with E-state index < -0.39 is 21.4 Å². The predicted octanol–water partition coefficient (Wildman–Crippen LogP) is 5.63. The number of anilines is 1. The molecule has 0 bridgehead atoms. The maximum atomic E-state index is 13.1. The Labute approximate surface area is 216 Å². The predicted molar refractivity (Wildman–Crippen MR) is 131 cm³/mol. The Bertz CT molecular complexity index is 1550. The number of alkyl halides is 3. The molecule has 8 nitrogen and oxygen atoms in total. The van der Waals surface area contributed by atoms with Crippen LogP contribution < -0.4 is 10.5 Å². The van der Waals surface area contributed by atoms with Gasteiger partial charge in [0.1, 0.15) is 11.5 Å². The van der Waals surface area contributed by atoms with Crippen LogP contribution in [-0.2, 0) is 23.0 Å². The standard InChI is InChI=1S/C22H17BrClF3N4O4S/c1-2-16-29-20(24)19(21(28)32)31(16)9-13-11-7-8-35-10-14(11)18(23)17(13)12-5-3-4-6-15(12)30-36(33,34)22(25,26)27/h3-8,10,30H,2,9H2,1H3,(H2,28,32). The van der Waals surface area contributed by atoms with Crippen molar-refractivity contribution in [3.8, 4) is 22.3 Å². The van der Waals surface area contributed by atoms with Gasteiger partial charge in [0.05, 0.1) is 24.8 Å². The van der Waals surface area contributed by atoms with Crippen molar-refractivity contribution in [2.75, 3.05) is 4.72 Å². The fourth-order valence-corrected chi connectivity index (χ4v) is 5.58. The van der Waals surface area contributed by atoms with Crippen LogP contribution in [0.3, 0.4) is 0 Å². The molecule has 1 amide bonds. The molecule has 0 saturated heterocycles. The van der Waals surface area contributed by atoms with Crippen LogP contribution in [0, 0.1) is 0 Å². The van der Waals surface area contributed by atoms with Crippen LogP contribution in [-0.4, -0.2) is 29.4 Å². The van der Waals surface area contributed by atoms with Crippen molar-refractivity contribution >= 4 is 49.1 Å². The molecule has 0 radical (unpaired) electrons. The minimum atomic E-state index is -5.70. The van der Waals surface area contributed by atoms with Gasteiger partial charge in [-0.05, 0) is 39.2 Å². The molecule has 14 heteroatoms. The molecule has 1 aliphatic heterocycles. The van der Waals surface area contributed by atoms with Gasteiger partial charge in [-0.3, -0.25) is 9.52 Å². The highest BCUT2D eigenvalue weighted by Gasteiger charge is 2.46. The van der Waals surface area contributed by atoms with Crippen LogP contribution in [0.25, 0.3) is 22.3 Å². The normalized spacial score (nSPS) is 12.3. The molecule has 0 fully saturated rings. The smallest absolute Gasteiger partial charge is 0.472 e. The molecule has 4 rings (SSSR count). The summed E-state index contributed by atoms with van der Waals surface area (Å²) in [6, 6.07) is 7.30. The van der Waals surface area contributed by atoms with Gasteiger partial charge in [0.25, 0.3) is 5.91 Å². The first kappa shape index (κ1) is 26.0. The summed E-state index contributed by atoms with van der Waals surface area (Å²) in [5, 5.41) is -0.0795. The summed E-state index contributed by atoms with van der Waals surface area (Å²) in [4.78, 5) is 16.4. The number of carbonyl (C=O) groups is 1. The molecular formula is C22H17BrClF3N4O4S. The van der Waals surface area contributed by atoms with E-state index in [1.54, 1.807) is 23.8 Å². The Hall–Kier alpha value is -3.03. The summed E-state index contributed by atoms with van der Waals surface area (Å²) < 4.78 is 72.1. The molecule has 2 aliphatic rings. The molecular weight excluding hydrogens is 589 g/mol. The van der Waals surface area contributed by atoms with Crippen molar-refractivity contribution in [3.63, 3.8) is 0 Å². The molecule has 36 heavy (non-hydrogen) atoms. The van der Waals surface area contributed by atoms with Gasteiger partial charge in [-0.1, -0.05) is 36.7 Å². The maximum absolute atomic E-state index is 13.1. The van der Waals surface area contributed by atoms with Gasteiger partial charge in [-0.15, -0.1) is 0 Å². The number of fused-ring (bicyclic) bond motifs is 1. The number of hydrogen-bond acceptors (Lipinski definition) is 5. The second-order valence-electron chi connectivity index (χ2n) is 7.62. The van der Waals surface area contributed by atoms with Crippen LogP contribution in [0.5, 0.6) is 0 Å². The molecule has 190 valence electrons. The van der Waals surface area contributed by atoms with Gasteiger partial charge in [0.2, 0.25) is 0 Å². The van der Waals surface area contributed by atoms with Crippen molar-refractivity contribution < 1.29 is 30.8 Å². The third kappa shape index (κ3) is 4.46. The van der Waals surface area contributed by atoms with E-state index in [2.05, 4.69) is 20.9 Å². The van der Waals surface area contributed by atoms with E-state index in [0.717, 1.165) is 0 Å². The topological polar surface area (TPSA) is 120 Å². The average Bonchev–Trinajstić information content (AvgIpc) is 3.27. The van der Waals surface area contributed by atoms with Gasteiger partial charge >= 0.3 is 15.5 Å². The number of primary amides is 1. The number of benzene rings is 1. The zero-order valence-corrected chi connectivity index (χ0v) is 21.5. The van der Waals surface area contributed by atoms with Crippen LogP contribution in [0.2, 0.25) is 5.15 Å². The first-order chi connectivity index (χ1) is 16.9. The molecule has 0 saturated carbocycles. The number of sulfonamides is 1. The fourth-order valence-electron chi connectivity index (χ4n) is 3.94. The lowest BCUT2D eigenvalue weighted by Crippen LogP contribution is -2.30. The van der Waals surface area contributed by atoms with Crippen LogP contribution in [0.4, 0.5) is 18.9 Å². The molecule has 2 aromatic rings. The average molecular weight is 606 g/mol. The van der Waals surface area contributed by atoms with E-state index in [-0.39, 0.29) is 28.6 Å². The minimum Gasteiger partial charge on any atom is -0.472 e. The third-order valence-corrected chi connectivity index (χ3v) is 7.67. The van der Waals surface area contributed by atoms with E-state index in [0.29, 0.717) is 39.0 Å². The van der Waals surface area contributed by atoms with Gasteiger partial charge in [0.15, 0.2) is 5.15 Å². The van der Waals surface area contributed by atoms with Gasteiger partial charge in [-0.2, -0.15) is 21.6 Å². The van der Waals surface area contributed by atoms with E-state index >= 15 is 0 Å². The van der Waals surface area contributed by atoms with Crippen LogP contribution >= 0.6 is 27.5 Å². The summed E-state index contributed by atoms with van der Waals surface area (Å²) in [7, 11) is -5.70. The summed E-state index contributed by atoms with van der Waals surface area (Å²) in [5.74, 6) is -0.353. The van der Waals surface area contributed by atoms with Gasteiger partial charge < -0.3 is 14.7 Å². The Morgan fingerprint density at radius 3 is 2.56 bits per heavy atom. The first-order valence-electron chi connectivity index (χ1n) is 10.3. The highest BCUT2D eigenvalue weighted by molar-refractivity contribution is 9.10. The molecule has 0 atom stereocenters. The first-order valence-corrected chi connectivity index (χ1v) is 12.9. The molecule has 0 unspecified atom stereocenters. The van der Waals surface area contributed by atoms with Crippen LogP contribution in [0.15, 0.2) is 51.7 Å². The zero-order valence-electron chi connectivity index (χ0n) is 18.4. The molecule has 1 aromatic carbocycles. The third-order valence-electron chi connectivity index (χ3n) is 5.49. The molecule has 1 aromatic heterocycles. The number of nitrogens with two attached hydrogens (primary N) is 1. The Morgan fingerprint density at radius 1 is 1.22 bits per heavy atom. The number of rotatable bonds is 7. The lowest BCUT2D eigenvalue weighted by Gasteiger charge is -2.17. The lowest BCUT2D eigenvalue weighted by molar-refractivity contribution is -0.0429. The van der Waals surface area contributed by atoms with E-state index in [1.165, 1.54) is 35.3 Å². The lowest BCUT2D eigenvalue weighted by atomic mass is 10.0. The van der Waals surface area contributed by atoms with Crippen LogP contribution in [0.1, 0.15) is 28.8 Å². The fraction of sp³-hybridized carbons (Fsp3) is 0.182. The number of amides is 1. The van der Waals surface area contributed by atoms with E-state index in [4.69, 9.17) is 21.8 Å². The second-order valence-corrected chi connectivity index (χ2v) is 10.4. The number of halogens is 5.